The minimum Gasteiger partial charge on any atom is -0.0622 e. The third-order valence-corrected chi connectivity index (χ3v) is 6.44. The second kappa shape index (κ2) is 10.2. The summed E-state index contributed by atoms with van der Waals surface area (Å²) in [6, 6.07) is -27.4. The molecule has 0 bridgehead atoms. The summed E-state index contributed by atoms with van der Waals surface area (Å²) in [6.07, 6.45) is 0. The Kier molecular flexibility index (Phi) is 2.19. The Morgan fingerprint density at radius 2 is 0.690 bits per heavy atom. The summed E-state index contributed by atoms with van der Waals surface area (Å²) in [4.78, 5) is 0. The zero-order valence-electron chi connectivity index (χ0n) is 49.0. The van der Waals surface area contributed by atoms with Gasteiger partial charge in [0.15, 0.2) is 0 Å². The summed E-state index contributed by atoms with van der Waals surface area (Å²) in [5.74, 6) is 0. The van der Waals surface area contributed by atoms with Crippen LogP contribution in [0.1, 0.15) is 38.4 Å². The molecule has 0 spiro atoms. The third-order valence-electron chi connectivity index (χ3n) is 6.44. The van der Waals surface area contributed by atoms with E-state index in [1.807, 2.05) is 0 Å². The summed E-state index contributed by atoms with van der Waals surface area (Å²) in [7, 11) is 0. The second-order valence-corrected chi connectivity index (χ2v) is 8.75. The van der Waals surface area contributed by atoms with Gasteiger partial charge >= 0.3 is 0 Å². The number of rotatable bonds is 4. The highest BCUT2D eigenvalue weighted by atomic mass is 14.2. The molecular weight excluding hydrogens is 504 g/mol. The molecule has 42 heavy (non-hydrogen) atoms. The van der Waals surface area contributed by atoms with Crippen molar-refractivity contribution in [3.8, 4) is 44.5 Å². The quantitative estimate of drug-likeness (QED) is 0.188. The van der Waals surface area contributed by atoms with Crippen molar-refractivity contribution < 1.29 is 38.4 Å². The molecule has 0 heterocycles. The van der Waals surface area contributed by atoms with Crippen LogP contribution in [0.15, 0.2) is 169 Å². The predicted molar refractivity (Wildman–Crippen MR) is 181 cm³/mol. The molecular formula is C42H28. The molecule has 0 aliphatic heterocycles. The van der Waals surface area contributed by atoms with Gasteiger partial charge in [-0.3, -0.25) is 0 Å². The Bertz CT molecular complexity index is 3660. The second-order valence-electron chi connectivity index (χ2n) is 8.75. The van der Waals surface area contributed by atoms with Crippen LogP contribution in [0.2, 0.25) is 0 Å². The van der Waals surface area contributed by atoms with Crippen molar-refractivity contribution in [2.24, 2.45) is 0 Å². The Labute approximate surface area is 285 Å². The maximum Gasteiger partial charge on any atom is 0.0636 e. The lowest BCUT2D eigenvalue weighted by Gasteiger charge is -2.18. The molecule has 196 valence electrons. The van der Waals surface area contributed by atoms with Crippen molar-refractivity contribution in [1.82, 2.24) is 0 Å². The van der Waals surface area contributed by atoms with E-state index in [1.165, 1.54) is 0 Å². The van der Waals surface area contributed by atoms with Crippen LogP contribution in [0.3, 0.4) is 0 Å². The summed E-state index contributed by atoms with van der Waals surface area (Å²) >= 11 is 0. The van der Waals surface area contributed by atoms with Crippen molar-refractivity contribution in [3.63, 3.8) is 0 Å². The first-order chi connectivity index (χ1) is 32.5. The van der Waals surface area contributed by atoms with E-state index in [9.17, 15) is 13.7 Å². The van der Waals surface area contributed by atoms with Crippen LogP contribution in [0, 0.1) is 0 Å². The fourth-order valence-corrected chi connectivity index (χ4v) is 4.66. The first-order valence-electron chi connectivity index (χ1n) is 26.2. The fourth-order valence-electron chi connectivity index (χ4n) is 4.66. The number of hydrogen-bond acceptors (Lipinski definition) is 0. The van der Waals surface area contributed by atoms with Crippen LogP contribution in [0.5, 0.6) is 0 Å². The van der Waals surface area contributed by atoms with E-state index < -0.39 is 246 Å². The topological polar surface area (TPSA) is 0 Å². The lowest BCUT2D eigenvalue weighted by molar-refractivity contribution is 1.58. The zero-order chi connectivity index (χ0) is 52.2. The minimum atomic E-state index is -1.15. The summed E-state index contributed by atoms with van der Waals surface area (Å²) in [5, 5.41) is -4.25. The Hall–Kier alpha value is -5.46. The maximum absolute atomic E-state index is 9.53. The maximum atomic E-state index is 9.53. The van der Waals surface area contributed by atoms with Gasteiger partial charge in [-0.2, -0.15) is 0 Å². The summed E-state index contributed by atoms with van der Waals surface area (Å²) in [6.45, 7) is 0. The van der Waals surface area contributed by atoms with Crippen LogP contribution >= 0.6 is 0 Å². The van der Waals surface area contributed by atoms with E-state index in [0.717, 1.165) is 0 Å². The highest BCUT2D eigenvalue weighted by molar-refractivity contribution is 6.21. The average molecular weight is 561 g/mol. The van der Waals surface area contributed by atoms with Gasteiger partial charge in [0, 0.05) is 0 Å². The molecule has 8 aromatic carbocycles. The van der Waals surface area contributed by atoms with Crippen molar-refractivity contribution in [2.45, 2.75) is 0 Å². The average Bonchev–Trinajstić information content (AvgIpc) is 3.32. The highest BCUT2D eigenvalue weighted by Gasteiger charge is 2.17. The van der Waals surface area contributed by atoms with Gasteiger partial charge in [-0.1, -0.05) is 163 Å². The largest absolute Gasteiger partial charge is 0.0636 e. The summed E-state index contributed by atoms with van der Waals surface area (Å²) < 4.78 is 248. The molecule has 0 radical (unpaired) electrons. The molecule has 0 aromatic heterocycles. The van der Waals surface area contributed by atoms with Crippen LogP contribution < -0.4 is 0 Å². The van der Waals surface area contributed by atoms with Gasteiger partial charge in [-0.15, -0.1) is 0 Å². The number of hydrogen-bond donors (Lipinski definition) is 0. The molecule has 0 atom stereocenters. The highest BCUT2D eigenvalue weighted by Crippen LogP contribution is 2.44. The normalized spacial score (nSPS) is 20.7. The van der Waals surface area contributed by atoms with Crippen molar-refractivity contribution in [3.05, 3.63) is 169 Å². The van der Waals surface area contributed by atoms with Crippen molar-refractivity contribution in [1.29, 1.82) is 0 Å². The minimum absolute atomic E-state index is 0.583. The van der Waals surface area contributed by atoms with Crippen LogP contribution in [0.4, 0.5) is 0 Å². The molecule has 0 N–H and O–H groups in total. The lowest BCUT2D eigenvalue weighted by Crippen LogP contribution is -1.91. The van der Waals surface area contributed by atoms with E-state index in [2.05, 4.69) is 0 Å². The molecule has 0 heteroatoms. The Morgan fingerprint density at radius 3 is 1.29 bits per heavy atom. The number of benzene rings is 8. The smallest absolute Gasteiger partial charge is 0.0622 e. The summed E-state index contributed by atoms with van der Waals surface area (Å²) in [5.41, 5.74) is -6.58. The van der Waals surface area contributed by atoms with Crippen molar-refractivity contribution in [2.75, 3.05) is 0 Å². The third kappa shape index (κ3) is 4.08. The van der Waals surface area contributed by atoms with E-state index >= 15 is 0 Å². The molecule has 8 rings (SSSR count). The molecule has 8 aromatic rings. The van der Waals surface area contributed by atoms with Gasteiger partial charge in [0.2, 0.25) is 0 Å². The standard InChI is InChI=1S/C42H28/c1-2-13-30(14-3-1)35-16-6-7-17-36(35)31-23-25-32(26-24-31)41-37-18-8-10-20-39(37)42(40-21-11-9-19-38(40)41)34-27-22-29-12-4-5-15-33(29)28-34/h1-28H/i1D,2D,3D,4D,5D,6D,7D,8D,9D,10D,11D,12D,13D,14D,15D,16D,17D,18D,19D,20D,21D,22D,23D,24D,25D,26D,27D,28D. The van der Waals surface area contributed by atoms with Gasteiger partial charge in [0.05, 0.1) is 38.4 Å². The fraction of sp³-hybridized carbons (Fsp3) is 0. The van der Waals surface area contributed by atoms with E-state index in [-0.39, 0.29) is 0 Å². The first kappa shape index (κ1) is 9.02. The molecule has 0 unspecified atom stereocenters. The van der Waals surface area contributed by atoms with E-state index in [0.29, 0.717) is 0 Å². The van der Waals surface area contributed by atoms with Gasteiger partial charge in [-0.25, -0.2) is 0 Å². The molecule has 0 amide bonds. The van der Waals surface area contributed by atoms with Crippen LogP contribution in [-0.2, 0) is 0 Å². The monoisotopic (exact) mass is 560 g/mol. The molecule has 0 aliphatic carbocycles. The van der Waals surface area contributed by atoms with Gasteiger partial charge in [-0.05, 0) is 82.9 Å². The van der Waals surface area contributed by atoms with Crippen LogP contribution in [0.25, 0.3) is 76.8 Å². The molecule has 0 aliphatic rings. The van der Waals surface area contributed by atoms with E-state index in [4.69, 9.17) is 24.7 Å². The lowest BCUT2D eigenvalue weighted by atomic mass is 9.85. The van der Waals surface area contributed by atoms with Gasteiger partial charge in [0.25, 0.3) is 0 Å². The van der Waals surface area contributed by atoms with Gasteiger partial charge < -0.3 is 0 Å². The Morgan fingerprint density at radius 1 is 0.286 bits per heavy atom. The molecule has 0 saturated carbocycles. The molecule has 0 saturated heterocycles. The zero-order valence-corrected chi connectivity index (χ0v) is 21.0. The van der Waals surface area contributed by atoms with Gasteiger partial charge in [0.1, 0.15) is 0 Å². The van der Waals surface area contributed by atoms with Crippen molar-refractivity contribution >= 4 is 32.3 Å². The first-order valence-corrected chi connectivity index (χ1v) is 12.2. The molecule has 0 fully saturated rings. The SMILES string of the molecule is [2H]c1c([2H])c([2H])c(-c2c([2H])c([2H])c([2H])c([2H])c2-c2c([2H])c([2H])c(-c3c4c([2H])c([2H])c([2H])c([2H])c4c(-c4c([2H])c([2H])c5c([2H])c([2H])c([2H])c([2H])c5c4[2H])c4c([2H])c([2H])c([2H])c([2H])c34)c([2H])c2[2H])c([2H])c1[2H]. The van der Waals surface area contributed by atoms with E-state index in [1.54, 1.807) is 0 Å². The number of fused-ring (bicyclic) bond motifs is 3. The van der Waals surface area contributed by atoms with Crippen LogP contribution in [-0.4, -0.2) is 0 Å². The predicted octanol–water partition coefficient (Wildman–Crippen LogP) is 11.8. The molecule has 0 nitrogen and oxygen atoms in total. The Balaban J connectivity index is 1.66.